The zero-order valence-corrected chi connectivity index (χ0v) is 18.7. The van der Waals surface area contributed by atoms with Crippen LogP contribution in [-0.2, 0) is 11.2 Å². The highest BCUT2D eigenvalue weighted by Crippen LogP contribution is 2.21. The van der Waals surface area contributed by atoms with Crippen LogP contribution >= 0.6 is 11.6 Å². The number of anilines is 1. The molecule has 6 heteroatoms. The molecule has 0 saturated heterocycles. The van der Waals surface area contributed by atoms with Gasteiger partial charge in [0.2, 0.25) is 5.91 Å². The topological polar surface area (TPSA) is 74.0 Å². The number of H-pyrrole nitrogens is 1. The minimum atomic E-state index is -0.792. The van der Waals surface area contributed by atoms with Crippen molar-refractivity contribution in [3.05, 3.63) is 100 Å². The molecule has 0 aliphatic rings. The van der Waals surface area contributed by atoms with E-state index in [4.69, 9.17) is 11.6 Å². The van der Waals surface area contributed by atoms with Gasteiger partial charge in [0, 0.05) is 29.2 Å². The molecule has 162 valence electrons. The minimum absolute atomic E-state index is 0.293. The smallest absolute Gasteiger partial charge is 0.253 e. The van der Waals surface area contributed by atoms with Gasteiger partial charge in [0.05, 0.1) is 10.6 Å². The summed E-state index contributed by atoms with van der Waals surface area (Å²) >= 11 is 6.20. The molecule has 1 unspecified atom stereocenters. The number of aryl methyl sites for hydroxylation is 2. The molecule has 0 spiro atoms. The Morgan fingerprint density at radius 3 is 2.50 bits per heavy atom. The van der Waals surface area contributed by atoms with E-state index in [-0.39, 0.29) is 5.91 Å². The third-order valence-electron chi connectivity index (χ3n) is 5.61. The van der Waals surface area contributed by atoms with Crippen LogP contribution in [0.4, 0.5) is 5.69 Å². The molecule has 2 amide bonds. The van der Waals surface area contributed by atoms with Crippen molar-refractivity contribution in [2.24, 2.45) is 0 Å². The molecule has 1 atom stereocenters. The van der Waals surface area contributed by atoms with E-state index in [0.717, 1.165) is 27.6 Å². The molecule has 1 heterocycles. The van der Waals surface area contributed by atoms with Gasteiger partial charge in [-0.05, 0) is 60.9 Å². The monoisotopic (exact) mass is 445 g/mol. The van der Waals surface area contributed by atoms with E-state index in [2.05, 4.69) is 15.6 Å². The fraction of sp³-hybridized carbons (Fsp3) is 0.154. The van der Waals surface area contributed by atoms with Gasteiger partial charge in [-0.3, -0.25) is 9.59 Å². The molecular formula is C26H24ClN3O2. The zero-order chi connectivity index (χ0) is 22.7. The van der Waals surface area contributed by atoms with E-state index < -0.39 is 11.9 Å². The average molecular weight is 446 g/mol. The summed E-state index contributed by atoms with van der Waals surface area (Å²) in [7, 11) is 0. The van der Waals surface area contributed by atoms with Crippen LogP contribution in [0.2, 0.25) is 5.02 Å². The minimum Gasteiger partial charge on any atom is -0.361 e. The lowest BCUT2D eigenvalue weighted by Crippen LogP contribution is -2.45. The highest BCUT2D eigenvalue weighted by molar-refractivity contribution is 6.33. The largest absolute Gasteiger partial charge is 0.361 e. The first kappa shape index (κ1) is 21.7. The van der Waals surface area contributed by atoms with E-state index >= 15 is 0 Å². The van der Waals surface area contributed by atoms with Gasteiger partial charge in [0.1, 0.15) is 6.04 Å². The summed E-state index contributed by atoms with van der Waals surface area (Å²) in [5.41, 5.74) is 5.17. The van der Waals surface area contributed by atoms with E-state index in [1.165, 1.54) is 0 Å². The molecule has 4 aromatic rings. The van der Waals surface area contributed by atoms with E-state index in [0.29, 0.717) is 22.7 Å². The molecule has 3 aromatic carbocycles. The van der Waals surface area contributed by atoms with Crippen molar-refractivity contribution in [1.82, 2.24) is 10.3 Å². The Bertz CT molecular complexity index is 1300. The average Bonchev–Trinajstić information content (AvgIpc) is 3.19. The van der Waals surface area contributed by atoms with Crippen LogP contribution in [0.3, 0.4) is 0 Å². The van der Waals surface area contributed by atoms with E-state index in [1.54, 1.807) is 24.3 Å². The van der Waals surface area contributed by atoms with Gasteiger partial charge in [0.25, 0.3) is 5.91 Å². The third-order valence-corrected chi connectivity index (χ3v) is 5.94. The van der Waals surface area contributed by atoms with Crippen molar-refractivity contribution >= 4 is 40.0 Å². The van der Waals surface area contributed by atoms with Crippen molar-refractivity contribution < 1.29 is 9.59 Å². The lowest BCUT2D eigenvalue weighted by atomic mass is 10.0. The number of nitrogens with one attached hydrogen (secondary N) is 3. The normalized spacial score (nSPS) is 11.8. The number of benzene rings is 3. The van der Waals surface area contributed by atoms with Gasteiger partial charge in [-0.2, -0.15) is 0 Å². The molecule has 0 aliphatic carbocycles. The Hall–Kier alpha value is -3.57. The zero-order valence-electron chi connectivity index (χ0n) is 17.9. The molecule has 5 nitrogen and oxygen atoms in total. The molecule has 4 rings (SSSR count). The molecule has 0 aliphatic heterocycles. The lowest BCUT2D eigenvalue weighted by Gasteiger charge is -2.19. The number of aromatic nitrogens is 1. The first-order chi connectivity index (χ1) is 15.4. The highest BCUT2D eigenvalue weighted by Gasteiger charge is 2.24. The molecular weight excluding hydrogens is 422 g/mol. The van der Waals surface area contributed by atoms with Crippen molar-refractivity contribution in [2.45, 2.75) is 26.3 Å². The summed E-state index contributed by atoms with van der Waals surface area (Å²) in [6, 6.07) is 19.6. The Kier molecular flexibility index (Phi) is 6.28. The number of fused-ring (bicyclic) bond motifs is 1. The SMILES string of the molecule is Cc1ccc(NC(=O)C(Cc2c[nH]c3ccccc23)NC(=O)c2ccccc2Cl)cc1C. The molecule has 0 saturated carbocycles. The van der Waals surface area contributed by atoms with Crippen LogP contribution in [0.5, 0.6) is 0 Å². The van der Waals surface area contributed by atoms with Crippen LogP contribution < -0.4 is 10.6 Å². The maximum atomic E-state index is 13.3. The maximum absolute atomic E-state index is 13.3. The Morgan fingerprint density at radius 1 is 0.969 bits per heavy atom. The standard InChI is InChI=1S/C26H24ClN3O2/c1-16-11-12-19(13-17(16)2)29-26(32)24(30-25(31)21-8-3-5-9-22(21)27)14-18-15-28-23-10-6-4-7-20(18)23/h3-13,15,24,28H,14H2,1-2H3,(H,29,32)(H,30,31). The van der Waals surface area contributed by atoms with E-state index in [1.807, 2.05) is 62.5 Å². The number of amides is 2. The molecule has 0 bridgehead atoms. The number of hydrogen-bond acceptors (Lipinski definition) is 2. The summed E-state index contributed by atoms with van der Waals surface area (Å²) in [5.74, 6) is -0.686. The van der Waals surface area contributed by atoms with Crippen LogP contribution in [0, 0.1) is 13.8 Å². The van der Waals surface area contributed by atoms with Gasteiger partial charge in [-0.25, -0.2) is 0 Å². The van der Waals surface area contributed by atoms with Crippen molar-refractivity contribution in [1.29, 1.82) is 0 Å². The fourth-order valence-electron chi connectivity index (χ4n) is 3.66. The molecule has 0 fully saturated rings. The van der Waals surface area contributed by atoms with Gasteiger partial charge in [0.15, 0.2) is 0 Å². The number of carbonyl (C=O) groups is 2. The summed E-state index contributed by atoms with van der Waals surface area (Å²) < 4.78 is 0. The second-order valence-electron chi connectivity index (χ2n) is 7.86. The van der Waals surface area contributed by atoms with Crippen molar-refractivity contribution in [3.63, 3.8) is 0 Å². The second kappa shape index (κ2) is 9.28. The lowest BCUT2D eigenvalue weighted by molar-refractivity contribution is -0.118. The Labute approximate surface area is 191 Å². The Morgan fingerprint density at radius 2 is 1.72 bits per heavy atom. The summed E-state index contributed by atoms with van der Waals surface area (Å²) in [5, 5.41) is 7.17. The van der Waals surface area contributed by atoms with Gasteiger partial charge < -0.3 is 15.6 Å². The van der Waals surface area contributed by atoms with Crippen LogP contribution in [0.25, 0.3) is 10.9 Å². The fourth-order valence-corrected chi connectivity index (χ4v) is 3.88. The van der Waals surface area contributed by atoms with Crippen LogP contribution in [-0.4, -0.2) is 22.8 Å². The third kappa shape index (κ3) is 4.68. The first-order valence-electron chi connectivity index (χ1n) is 10.4. The summed E-state index contributed by atoms with van der Waals surface area (Å²) in [6.45, 7) is 4.01. The number of halogens is 1. The highest BCUT2D eigenvalue weighted by atomic mass is 35.5. The van der Waals surface area contributed by atoms with Crippen LogP contribution in [0.1, 0.15) is 27.0 Å². The molecule has 0 radical (unpaired) electrons. The maximum Gasteiger partial charge on any atom is 0.253 e. The summed E-state index contributed by atoms with van der Waals surface area (Å²) in [4.78, 5) is 29.4. The second-order valence-corrected chi connectivity index (χ2v) is 8.27. The van der Waals surface area contributed by atoms with Gasteiger partial charge in [-0.15, -0.1) is 0 Å². The quantitative estimate of drug-likeness (QED) is 0.371. The Balaban J connectivity index is 1.62. The molecule has 3 N–H and O–H groups in total. The van der Waals surface area contributed by atoms with E-state index in [9.17, 15) is 9.59 Å². The number of aromatic amines is 1. The van der Waals surface area contributed by atoms with Crippen molar-refractivity contribution in [3.8, 4) is 0 Å². The predicted molar refractivity (Wildman–Crippen MR) is 129 cm³/mol. The number of hydrogen-bond donors (Lipinski definition) is 3. The van der Waals surface area contributed by atoms with Crippen molar-refractivity contribution in [2.75, 3.05) is 5.32 Å². The number of para-hydroxylation sites is 1. The number of carbonyl (C=O) groups excluding carboxylic acids is 2. The predicted octanol–water partition coefficient (Wildman–Crippen LogP) is 5.42. The van der Waals surface area contributed by atoms with Crippen LogP contribution in [0.15, 0.2) is 72.9 Å². The van der Waals surface area contributed by atoms with Gasteiger partial charge in [-0.1, -0.05) is 48.0 Å². The number of rotatable bonds is 6. The van der Waals surface area contributed by atoms with Gasteiger partial charge >= 0.3 is 0 Å². The molecule has 1 aromatic heterocycles. The molecule has 32 heavy (non-hydrogen) atoms. The first-order valence-corrected chi connectivity index (χ1v) is 10.8. The summed E-state index contributed by atoms with van der Waals surface area (Å²) in [6.07, 6.45) is 2.21.